The standard InChI is InChI=1S/C10H17N3/c1-8-3-5-11-7-10(8)13-6-4-9(2)12-13/h4,6,8,10-11H,3,5,7H2,1-2H3. The molecule has 0 amide bonds. The van der Waals surface area contributed by atoms with Crippen LogP contribution >= 0.6 is 0 Å². The molecule has 0 spiro atoms. The van der Waals surface area contributed by atoms with Crippen molar-refractivity contribution in [2.75, 3.05) is 13.1 Å². The summed E-state index contributed by atoms with van der Waals surface area (Å²) in [4.78, 5) is 0. The van der Waals surface area contributed by atoms with Gasteiger partial charge in [-0.3, -0.25) is 4.68 Å². The Morgan fingerprint density at radius 1 is 1.62 bits per heavy atom. The minimum atomic E-state index is 0.544. The maximum Gasteiger partial charge on any atom is 0.0669 e. The molecule has 1 saturated heterocycles. The average molecular weight is 179 g/mol. The van der Waals surface area contributed by atoms with Gasteiger partial charge in [-0.1, -0.05) is 6.92 Å². The first kappa shape index (κ1) is 8.75. The molecular weight excluding hydrogens is 162 g/mol. The summed E-state index contributed by atoms with van der Waals surface area (Å²) >= 11 is 0. The van der Waals surface area contributed by atoms with Crippen molar-refractivity contribution in [2.24, 2.45) is 5.92 Å². The van der Waals surface area contributed by atoms with Crippen LogP contribution < -0.4 is 5.32 Å². The van der Waals surface area contributed by atoms with E-state index < -0.39 is 0 Å². The predicted octanol–water partition coefficient (Wildman–Crippen LogP) is 1.36. The molecule has 2 atom stereocenters. The lowest BCUT2D eigenvalue weighted by Gasteiger charge is -2.29. The number of aromatic nitrogens is 2. The van der Waals surface area contributed by atoms with Gasteiger partial charge in [0, 0.05) is 12.7 Å². The highest BCUT2D eigenvalue weighted by Crippen LogP contribution is 2.22. The van der Waals surface area contributed by atoms with Gasteiger partial charge in [-0.05, 0) is 31.9 Å². The van der Waals surface area contributed by atoms with E-state index in [-0.39, 0.29) is 0 Å². The Morgan fingerprint density at radius 3 is 3.08 bits per heavy atom. The fraction of sp³-hybridized carbons (Fsp3) is 0.700. The van der Waals surface area contributed by atoms with Crippen LogP contribution in [0.3, 0.4) is 0 Å². The summed E-state index contributed by atoms with van der Waals surface area (Å²) < 4.78 is 2.10. The fourth-order valence-electron chi connectivity index (χ4n) is 1.95. The summed E-state index contributed by atoms with van der Waals surface area (Å²) in [5.41, 5.74) is 1.11. The number of rotatable bonds is 1. The summed E-state index contributed by atoms with van der Waals surface area (Å²) in [6.07, 6.45) is 3.34. The largest absolute Gasteiger partial charge is 0.315 e. The van der Waals surface area contributed by atoms with Gasteiger partial charge < -0.3 is 5.32 Å². The van der Waals surface area contributed by atoms with E-state index in [1.165, 1.54) is 6.42 Å². The molecule has 1 fully saturated rings. The van der Waals surface area contributed by atoms with E-state index in [0.29, 0.717) is 6.04 Å². The first-order valence-electron chi connectivity index (χ1n) is 5.00. The van der Waals surface area contributed by atoms with Crippen LogP contribution in [-0.2, 0) is 0 Å². The quantitative estimate of drug-likeness (QED) is 0.705. The van der Waals surface area contributed by atoms with Gasteiger partial charge in [-0.25, -0.2) is 0 Å². The van der Waals surface area contributed by atoms with Crippen LogP contribution in [0.25, 0.3) is 0 Å². The topological polar surface area (TPSA) is 29.9 Å². The van der Waals surface area contributed by atoms with Gasteiger partial charge >= 0.3 is 0 Å². The summed E-state index contributed by atoms with van der Waals surface area (Å²) in [7, 11) is 0. The van der Waals surface area contributed by atoms with E-state index in [4.69, 9.17) is 0 Å². The van der Waals surface area contributed by atoms with Crippen molar-refractivity contribution < 1.29 is 0 Å². The van der Waals surface area contributed by atoms with Crippen LogP contribution in [0.2, 0.25) is 0 Å². The molecule has 1 aliphatic heterocycles. The minimum Gasteiger partial charge on any atom is -0.315 e. The van der Waals surface area contributed by atoms with Crippen LogP contribution in [0.4, 0.5) is 0 Å². The van der Waals surface area contributed by atoms with Crippen molar-refractivity contribution >= 4 is 0 Å². The van der Waals surface area contributed by atoms with Gasteiger partial charge in [0.25, 0.3) is 0 Å². The van der Waals surface area contributed by atoms with E-state index in [1.54, 1.807) is 0 Å². The van der Waals surface area contributed by atoms with Crippen LogP contribution in [0, 0.1) is 12.8 Å². The zero-order valence-electron chi connectivity index (χ0n) is 8.33. The summed E-state index contributed by atoms with van der Waals surface area (Å²) in [5.74, 6) is 0.737. The Bertz CT molecular complexity index is 279. The molecule has 72 valence electrons. The second kappa shape index (κ2) is 3.50. The number of hydrogen-bond donors (Lipinski definition) is 1. The Balaban J connectivity index is 2.14. The molecule has 0 aromatic carbocycles. The molecule has 1 aromatic heterocycles. The van der Waals surface area contributed by atoms with E-state index in [1.807, 2.05) is 6.92 Å². The van der Waals surface area contributed by atoms with E-state index in [9.17, 15) is 0 Å². The summed E-state index contributed by atoms with van der Waals surface area (Å²) in [6, 6.07) is 2.61. The SMILES string of the molecule is Cc1ccn(C2CNCCC2C)n1. The molecule has 3 heteroatoms. The molecular formula is C10H17N3. The van der Waals surface area contributed by atoms with Crippen molar-refractivity contribution in [2.45, 2.75) is 26.3 Å². The third-order valence-electron chi connectivity index (χ3n) is 2.87. The molecule has 3 nitrogen and oxygen atoms in total. The Kier molecular flexibility index (Phi) is 2.36. The number of aryl methyl sites for hydroxylation is 1. The number of piperidine rings is 1. The minimum absolute atomic E-state index is 0.544. The molecule has 0 bridgehead atoms. The predicted molar refractivity (Wildman–Crippen MR) is 52.7 cm³/mol. The molecule has 0 radical (unpaired) electrons. The first-order valence-corrected chi connectivity index (χ1v) is 5.00. The molecule has 1 N–H and O–H groups in total. The van der Waals surface area contributed by atoms with E-state index in [0.717, 1.165) is 24.7 Å². The molecule has 1 aliphatic rings. The normalized spacial score (nSPS) is 29.1. The zero-order chi connectivity index (χ0) is 9.26. The number of hydrogen-bond acceptors (Lipinski definition) is 2. The lowest BCUT2D eigenvalue weighted by Crippen LogP contribution is -2.37. The van der Waals surface area contributed by atoms with Crippen molar-refractivity contribution in [1.29, 1.82) is 0 Å². The summed E-state index contributed by atoms with van der Waals surface area (Å²) in [5, 5.41) is 7.87. The van der Waals surface area contributed by atoms with Crippen molar-refractivity contribution in [3.8, 4) is 0 Å². The van der Waals surface area contributed by atoms with Crippen molar-refractivity contribution in [3.05, 3.63) is 18.0 Å². The lowest BCUT2D eigenvalue weighted by atomic mass is 9.95. The van der Waals surface area contributed by atoms with E-state index in [2.05, 4.69) is 34.3 Å². The molecule has 0 aliphatic carbocycles. The van der Waals surface area contributed by atoms with Gasteiger partial charge in [0.1, 0.15) is 0 Å². The monoisotopic (exact) mass is 179 g/mol. The second-order valence-corrected chi connectivity index (χ2v) is 3.97. The first-order chi connectivity index (χ1) is 6.27. The molecule has 2 rings (SSSR count). The average Bonchev–Trinajstić information content (AvgIpc) is 2.53. The highest BCUT2D eigenvalue weighted by Gasteiger charge is 2.22. The highest BCUT2D eigenvalue weighted by molar-refractivity contribution is 4.97. The van der Waals surface area contributed by atoms with Gasteiger partial charge in [0.05, 0.1) is 11.7 Å². The molecule has 1 aromatic rings. The van der Waals surface area contributed by atoms with E-state index >= 15 is 0 Å². The molecule has 0 saturated carbocycles. The van der Waals surface area contributed by atoms with Gasteiger partial charge in [0.15, 0.2) is 0 Å². The summed E-state index contributed by atoms with van der Waals surface area (Å²) in [6.45, 7) is 6.56. The Labute approximate surface area is 79.1 Å². The maximum atomic E-state index is 4.46. The van der Waals surface area contributed by atoms with Crippen LogP contribution in [0.15, 0.2) is 12.3 Å². The Morgan fingerprint density at radius 2 is 2.46 bits per heavy atom. The van der Waals surface area contributed by atoms with Crippen LogP contribution in [0.5, 0.6) is 0 Å². The highest BCUT2D eigenvalue weighted by atomic mass is 15.3. The van der Waals surface area contributed by atoms with Crippen LogP contribution in [0.1, 0.15) is 25.1 Å². The van der Waals surface area contributed by atoms with Crippen molar-refractivity contribution in [3.63, 3.8) is 0 Å². The fourth-order valence-corrected chi connectivity index (χ4v) is 1.95. The number of nitrogens with zero attached hydrogens (tertiary/aromatic N) is 2. The van der Waals surface area contributed by atoms with Crippen molar-refractivity contribution in [1.82, 2.24) is 15.1 Å². The molecule has 13 heavy (non-hydrogen) atoms. The number of nitrogens with one attached hydrogen (secondary N) is 1. The van der Waals surface area contributed by atoms with Gasteiger partial charge in [-0.2, -0.15) is 5.10 Å². The second-order valence-electron chi connectivity index (χ2n) is 3.97. The Hall–Kier alpha value is -0.830. The lowest BCUT2D eigenvalue weighted by molar-refractivity contribution is 0.256. The molecule has 2 heterocycles. The van der Waals surface area contributed by atoms with Gasteiger partial charge in [-0.15, -0.1) is 0 Å². The third-order valence-corrected chi connectivity index (χ3v) is 2.87. The van der Waals surface area contributed by atoms with Gasteiger partial charge in [0.2, 0.25) is 0 Å². The molecule has 2 unspecified atom stereocenters. The van der Waals surface area contributed by atoms with Crippen LogP contribution in [-0.4, -0.2) is 22.9 Å². The smallest absolute Gasteiger partial charge is 0.0669 e. The maximum absolute atomic E-state index is 4.46. The zero-order valence-corrected chi connectivity index (χ0v) is 8.33. The third kappa shape index (κ3) is 1.75.